The van der Waals surface area contributed by atoms with Crippen LogP contribution in [0.3, 0.4) is 0 Å². The molecule has 0 spiro atoms. The molecule has 0 radical (unpaired) electrons. The van der Waals surface area contributed by atoms with Gasteiger partial charge in [-0.15, -0.1) is 0 Å². The van der Waals surface area contributed by atoms with Gasteiger partial charge in [-0.2, -0.15) is 0 Å². The lowest BCUT2D eigenvalue weighted by Gasteiger charge is -2.07. The van der Waals surface area contributed by atoms with Crippen LogP contribution >= 0.6 is 0 Å². The number of H-pyrrole nitrogens is 1. The molecule has 1 aliphatic carbocycles. The van der Waals surface area contributed by atoms with Crippen molar-refractivity contribution in [2.24, 2.45) is 5.92 Å². The molecule has 1 fully saturated rings. The van der Waals surface area contributed by atoms with Crippen molar-refractivity contribution in [3.05, 3.63) is 65.9 Å². The third-order valence-electron chi connectivity index (χ3n) is 4.63. The summed E-state index contributed by atoms with van der Waals surface area (Å²) in [6.45, 7) is 1.25. The quantitative estimate of drug-likeness (QED) is 0.690. The molecule has 1 aliphatic rings. The predicted octanol–water partition coefficient (Wildman–Crippen LogP) is 3.82. The molecule has 2 aromatic carbocycles. The van der Waals surface area contributed by atoms with Gasteiger partial charge in [0, 0.05) is 35.6 Å². The average Bonchev–Trinajstić information content (AvgIpc) is 3.43. The third kappa shape index (κ3) is 3.85. The van der Waals surface area contributed by atoms with E-state index in [1.54, 1.807) is 0 Å². The minimum Gasteiger partial charge on any atom is -0.489 e. The van der Waals surface area contributed by atoms with E-state index in [1.165, 1.54) is 10.9 Å². The van der Waals surface area contributed by atoms with Crippen molar-refractivity contribution in [2.45, 2.75) is 25.9 Å². The molecule has 0 unspecified atom stereocenters. The molecule has 4 nitrogen and oxygen atoms in total. The lowest BCUT2D eigenvalue weighted by Crippen LogP contribution is -2.26. The van der Waals surface area contributed by atoms with Gasteiger partial charge in [-0.05, 0) is 42.5 Å². The van der Waals surface area contributed by atoms with E-state index in [1.807, 2.05) is 36.5 Å². The molecule has 3 aromatic rings. The highest BCUT2D eigenvalue weighted by Crippen LogP contribution is 2.29. The first-order valence-electron chi connectivity index (χ1n) is 8.84. The molecule has 128 valence electrons. The summed E-state index contributed by atoms with van der Waals surface area (Å²) in [5.74, 6) is 1.33. The first-order valence-corrected chi connectivity index (χ1v) is 8.84. The van der Waals surface area contributed by atoms with Crippen molar-refractivity contribution < 1.29 is 9.53 Å². The highest BCUT2D eigenvalue weighted by molar-refractivity contribution is 5.85. The van der Waals surface area contributed by atoms with Crippen LogP contribution in [-0.2, 0) is 17.8 Å². The summed E-state index contributed by atoms with van der Waals surface area (Å²) >= 11 is 0. The van der Waals surface area contributed by atoms with Crippen molar-refractivity contribution in [3.63, 3.8) is 0 Å². The second-order valence-corrected chi connectivity index (χ2v) is 6.61. The molecule has 1 heterocycles. The van der Waals surface area contributed by atoms with Gasteiger partial charge in [0.15, 0.2) is 0 Å². The lowest BCUT2D eigenvalue weighted by molar-refractivity contribution is -0.122. The molecular formula is C21H22N2O2. The van der Waals surface area contributed by atoms with Crippen LogP contribution in [0.5, 0.6) is 5.75 Å². The molecule has 4 rings (SSSR count). The maximum absolute atomic E-state index is 11.7. The number of rotatable bonds is 7. The molecule has 4 heteroatoms. The Hall–Kier alpha value is -2.75. The van der Waals surface area contributed by atoms with Crippen molar-refractivity contribution >= 4 is 16.8 Å². The molecule has 25 heavy (non-hydrogen) atoms. The van der Waals surface area contributed by atoms with Crippen LogP contribution in [0.25, 0.3) is 10.9 Å². The predicted molar refractivity (Wildman–Crippen MR) is 98.5 cm³/mol. The van der Waals surface area contributed by atoms with Crippen LogP contribution in [0.1, 0.15) is 24.0 Å². The monoisotopic (exact) mass is 334 g/mol. The van der Waals surface area contributed by atoms with Gasteiger partial charge < -0.3 is 15.0 Å². The summed E-state index contributed by atoms with van der Waals surface area (Å²) in [5.41, 5.74) is 3.44. The summed E-state index contributed by atoms with van der Waals surface area (Å²) in [6, 6.07) is 16.3. The summed E-state index contributed by atoms with van der Waals surface area (Å²) in [7, 11) is 0. The van der Waals surface area contributed by atoms with Gasteiger partial charge >= 0.3 is 0 Å². The smallest absolute Gasteiger partial charge is 0.223 e. The fourth-order valence-electron chi connectivity index (χ4n) is 3.01. The Morgan fingerprint density at radius 3 is 2.80 bits per heavy atom. The highest BCUT2D eigenvalue weighted by atomic mass is 16.5. The molecule has 2 N–H and O–H groups in total. The molecule has 1 aromatic heterocycles. The second kappa shape index (κ2) is 7.01. The van der Waals surface area contributed by atoms with E-state index in [4.69, 9.17) is 4.74 Å². The largest absolute Gasteiger partial charge is 0.489 e. The van der Waals surface area contributed by atoms with Gasteiger partial charge in [0.1, 0.15) is 12.4 Å². The number of aromatic nitrogens is 1. The van der Waals surface area contributed by atoms with Gasteiger partial charge in [0.25, 0.3) is 0 Å². The maximum atomic E-state index is 11.7. The highest BCUT2D eigenvalue weighted by Gasteiger charge is 2.29. The van der Waals surface area contributed by atoms with E-state index in [-0.39, 0.29) is 11.8 Å². The van der Waals surface area contributed by atoms with Crippen molar-refractivity contribution in [1.82, 2.24) is 10.3 Å². The van der Waals surface area contributed by atoms with Crippen LogP contribution in [0, 0.1) is 5.92 Å². The summed E-state index contributed by atoms with van der Waals surface area (Å²) < 4.78 is 5.88. The summed E-state index contributed by atoms with van der Waals surface area (Å²) in [4.78, 5) is 15.0. The van der Waals surface area contributed by atoms with Crippen LogP contribution < -0.4 is 10.1 Å². The fourth-order valence-corrected chi connectivity index (χ4v) is 3.01. The number of fused-ring (bicyclic) bond motifs is 1. The minimum atomic E-state index is 0.205. The van der Waals surface area contributed by atoms with Crippen LogP contribution in [0.4, 0.5) is 0 Å². The Morgan fingerprint density at radius 2 is 2.00 bits per heavy atom. The molecule has 1 saturated carbocycles. The molecule has 0 saturated heterocycles. The fraction of sp³-hybridized carbons (Fsp3) is 0.286. The Bertz CT molecular complexity index is 866. The number of ether oxygens (including phenoxy) is 1. The third-order valence-corrected chi connectivity index (χ3v) is 4.63. The Morgan fingerprint density at radius 1 is 1.16 bits per heavy atom. The molecule has 0 bridgehead atoms. The molecule has 0 aliphatic heterocycles. The maximum Gasteiger partial charge on any atom is 0.223 e. The van der Waals surface area contributed by atoms with E-state index in [9.17, 15) is 4.79 Å². The summed E-state index contributed by atoms with van der Waals surface area (Å²) in [5, 5.41) is 4.21. The second-order valence-electron chi connectivity index (χ2n) is 6.61. The zero-order valence-corrected chi connectivity index (χ0v) is 14.1. The van der Waals surface area contributed by atoms with E-state index in [0.29, 0.717) is 13.2 Å². The van der Waals surface area contributed by atoms with E-state index < -0.39 is 0 Å². The zero-order valence-electron chi connectivity index (χ0n) is 14.1. The van der Waals surface area contributed by atoms with E-state index in [0.717, 1.165) is 36.1 Å². The van der Waals surface area contributed by atoms with Gasteiger partial charge in [0.2, 0.25) is 5.91 Å². The standard InChI is InChI=1S/C21H22N2O2/c24-21(16-6-7-16)22-11-10-17-13-23-20-12-18(8-9-19(17)20)25-14-15-4-2-1-3-5-15/h1-5,8-9,12-13,16,23H,6-7,10-11,14H2,(H,22,24). The number of benzene rings is 2. The number of nitrogens with one attached hydrogen (secondary N) is 2. The average molecular weight is 334 g/mol. The molecule has 0 atom stereocenters. The Balaban J connectivity index is 1.37. The van der Waals surface area contributed by atoms with Crippen LogP contribution in [-0.4, -0.2) is 17.4 Å². The number of carbonyl (C=O) groups excluding carboxylic acids is 1. The normalized spacial score (nSPS) is 13.8. The van der Waals surface area contributed by atoms with Crippen molar-refractivity contribution in [3.8, 4) is 5.75 Å². The van der Waals surface area contributed by atoms with Crippen molar-refractivity contribution in [2.75, 3.05) is 6.54 Å². The van der Waals surface area contributed by atoms with Crippen molar-refractivity contribution in [1.29, 1.82) is 0 Å². The van der Waals surface area contributed by atoms with Gasteiger partial charge in [0.05, 0.1) is 0 Å². The zero-order chi connectivity index (χ0) is 17.1. The van der Waals surface area contributed by atoms with Gasteiger partial charge in [-0.3, -0.25) is 4.79 Å². The van der Waals surface area contributed by atoms with Gasteiger partial charge in [-0.1, -0.05) is 30.3 Å². The van der Waals surface area contributed by atoms with Crippen LogP contribution in [0.15, 0.2) is 54.7 Å². The molecular weight excluding hydrogens is 312 g/mol. The molecule has 1 amide bonds. The Labute approximate surface area is 147 Å². The lowest BCUT2D eigenvalue weighted by atomic mass is 10.1. The van der Waals surface area contributed by atoms with Gasteiger partial charge in [-0.25, -0.2) is 0 Å². The SMILES string of the molecule is O=C(NCCc1c[nH]c2cc(OCc3ccccc3)ccc12)C1CC1. The number of hydrogen-bond acceptors (Lipinski definition) is 2. The van der Waals surface area contributed by atoms with E-state index >= 15 is 0 Å². The number of amides is 1. The topological polar surface area (TPSA) is 54.1 Å². The van der Waals surface area contributed by atoms with Crippen LogP contribution in [0.2, 0.25) is 0 Å². The first-order chi connectivity index (χ1) is 12.3. The number of aromatic amines is 1. The number of hydrogen-bond donors (Lipinski definition) is 2. The first kappa shape index (κ1) is 15.8. The Kier molecular flexibility index (Phi) is 4.42. The number of carbonyl (C=O) groups is 1. The van der Waals surface area contributed by atoms with E-state index in [2.05, 4.69) is 28.5 Å². The summed E-state index contributed by atoms with van der Waals surface area (Å²) in [6.07, 6.45) is 4.95. The minimum absolute atomic E-state index is 0.205.